The van der Waals surface area contributed by atoms with Gasteiger partial charge in [-0.2, -0.15) is 0 Å². The number of carbonyl (C=O) groups excluding carboxylic acids is 1. The van der Waals surface area contributed by atoms with Crippen molar-refractivity contribution in [3.05, 3.63) is 0 Å². The fourth-order valence-corrected chi connectivity index (χ4v) is 2.22. The van der Waals surface area contributed by atoms with E-state index in [1.807, 2.05) is 20.8 Å². The lowest BCUT2D eigenvalue weighted by Gasteiger charge is -2.62. The maximum atomic E-state index is 11.7. The van der Waals surface area contributed by atoms with Crippen LogP contribution in [0.3, 0.4) is 0 Å². The zero-order chi connectivity index (χ0) is 15.8. The monoisotopic (exact) mass is 283 g/mol. The predicted octanol–water partition coefficient (Wildman–Crippen LogP) is 2.02. The molecule has 20 heavy (non-hydrogen) atoms. The van der Waals surface area contributed by atoms with Gasteiger partial charge in [0, 0.05) is 24.5 Å². The van der Waals surface area contributed by atoms with Crippen LogP contribution < -0.4 is 5.32 Å². The normalized spacial score (nSPS) is 21.2. The highest BCUT2D eigenvalue weighted by Gasteiger charge is 2.53. The van der Waals surface area contributed by atoms with E-state index in [1.54, 1.807) is 7.05 Å². The molecule has 1 aliphatic heterocycles. The average Bonchev–Trinajstić information content (AvgIpc) is 2.25. The summed E-state index contributed by atoms with van der Waals surface area (Å²) < 4.78 is 5.28. The fourth-order valence-electron chi connectivity index (χ4n) is 2.22. The van der Waals surface area contributed by atoms with Gasteiger partial charge >= 0.3 is 5.97 Å². The van der Waals surface area contributed by atoms with Gasteiger partial charge in [-0.3, -0.25) is 9.79 Å². The zero-order valence-electron chi connectivity index (χ0n) is 14.1. The molecule has 5 heteroatoms. The zero-order valence-corrected chi connectivity index (χ0v) is 14.1. The maximum absolute atomic E-state index is 11.7. The van der Waals surface area contributed by atoms with E-state index in [-0.39, 0.29) is 23.5 Å². The summed E-state index contributed by atoms with van der Waals surface area (Å²) in [6, 6.07) is 0. The largest absolute Gasteiger partial charge is 0.459 e. The molecular formula is C15H29N3O2. The molecule has 0 unspecified atom stereocenters. The molecule has 1 aliphatic rings. The first-order valence-electron chi connectivity index (χ1n) is 7.11. The van der Waals surface area contributed by atoms with Crippen LogP contribution in [0.2, 0.25) is 0 Å². The molecule has 0 atom stereocenters. The van der Waals surface area contributed by atoms with Crippen molar-refractivity contribution in [1.29, 1.82) is 0 Å². The van der Waals surface area contributed by atoms with E-state index in [9.17, 15) is 4.79 Å². The van der Waals surface area contributed by atoms with Gasteiger partial charge in [-0.1, -0.05) is 13.8 Å². The molecule has 1 fully saturated rings. The number of ether oxygens (including phenoxy) is 1. The first-order chi connectivity index (χ1) is 8.90. The van der Waals surface area contributed by atoms with Gasteiger partial charge in [-0.15, -0.1) is 0 Å². The van der Waals surface area contributed by atoms with E-state index in [1.165, 1.54) is 0 Å². The lowest BCUT2D eigenvalue weighted by Crippen LogP contribution is -2.72. The molecule has 0 amide bonds. The van der Waals surface area contributed by atoms with Gasteiger partial charge in [0.1, 0.15) is 12.1 Å². The van der Waals surface area contributed by atoms with Crippen molar-refractivity contribution in [2.45, 2.75) is 59.6 Å². The third kappa shape index (κ3) is 3.44. The second kappa shape index (κ2) is 5.26. The van der Waals surface area contributed by atoms with E-state index < -0.39 is 5.60 Å². The summed E-state index contributed by atoms with van der Waals surface area (Å²) in [5.74, 6) is 0.483. The summed E-state index contributed by atoms with van der Waals surface area (Å²) >= 11 is 0. The van der Waals surface area contributed by atoms with E-state index in [0.29, 0.717) is 0 Å². The molecule has 5 nitrogen and oxygen atoms in total. The van der Waals surface area contributed by atoms with Crippen LogP contribution in [-0.4, -0.2) is 48.1 Å². The molecule has 1 N–H and O–H groups in total. The van der Waals surface area contributed by atoms with Crippen LogP contribution in [0.25, 0.3) is 0 Å². The van der Waals surface area contributed by atoms with Crippen molar-refractivity contribution in [3.63, 3.8) is 0 Å². The van der Waals surface area contributed by atoms with E-state index >= 15 is 0 Å². The number of aliphatic imine (C=N–C) groups is 1. The van der Waals surface area contributed by atoms with Gasteiger partial charge < -0.3 is 15.0 Å². The second-order valence-electron chi connectivity index (χ2n) is 7.52. The van der Waals surface area contributed by atoms with E-state index in [4.69, 9.17) is 4.74 Å². The molecule has 116 valence electrons. The van der Waals surface area contributed by atoms with Gasteiger partial charge in [0.05, 0.1) is 0 Å². The number of hydrogen-bond acceptors (Lipinski definition) is 3. The second-order valence-corrected chi connectivity index (χ2v) is 7.52. The number of nitrogens with zero attached hydrogens (tertiary/aromatic N) is 2. The molecule has 1 saturated heterocycles. The Balaban J connectivity index is 2.57. The smallest absolute Gasteiger partial charge is 0.325 e. The number of carbonyl (C=O) groups is 1. The Labute approximate surface area is 122 Å². The quantitative estimate of drug-likeness (QED) is 0.478. The molecule has 1 heterocycles. The predicted molar refractivity (Wildman–Crippen MR) is 81.8 cm³/mol. The summed E-state index contributed by atoms with van der Waals surface area (Å²) in [6.45, 7) is 15.5. The van der Waals surface area contributed by atoms with Gasteiger partial charge in [0.15, 0.2) is 5.96 Å². The Morgan fingerprint density at radius 1 is 1.30 bits per heavy atom. The van der Waals surface area contributed by atoms with Gasteiger partial charge in [-0.25, -0.2) is 0 Å². The topological polar surface area (TPSA) is 53.9 Å². The number of nitrogens with one attached hydrogen (secondary N) is 1. The third-order valence-corrected chi connectivity index (χ3v) is 4.16. The molecule has 0 aromatic heterocycles. The third-order valence-electron chi connectivity index (χ3n) is 4.16. The van der Waals surface area contributed by atoms with Crippen LogP contribution in [0.1, 0.15) is 48.5 Å². The van der Waals surface area contributed by atoms with Crippen molar-refractivity contribution in [3.8, 4) is 0 Å². The van der Waals surface area contributed by atoms with Crippen molar-refractivity contribution in [1.82, 2.24) is 10.2 Å². The molecule has 0 spiro atoms. The summed E-state index contributed by atoms with van der Waals surface area (Å²) in [5, 5.41) is 3.09. The Hall–Kier alpha value is -1.26. The Morgan fingerprint density at radius 2 is 1.85 bits per heavy atom. The maximum Gasteiger partial charge on any atom is 0.325 e. The van der Waals surface area contributed by atoms with Crippen molar-refractivity contribution in [2.24, 2.45) is 10.4 Å². The van der Waals surface area contributed by atoms with Crippen LogP contribution in [0.4, 0.5) is 0 Å². The summed E-state index contributed by atoms with van der Waals surface area (Å²) in [4.78, 5) is 18.2. The summed E-state index contributed by atoms with van der Waals surface area (Å²) in [7, 11) is 1.73. The molecule has 0 aromatic carbocycles. The van der Waals surface area contributed by atoms with Crippen LogP contribution in [0.5, 0.6) is 0 Å². The lowest BCUT2D eigenvalue weighted by molar-refractivity contribution is -0.153. The molecule has 0 aliphatic carbocycles. The SMILES string of the molecule is CN=C(NCC(=O)OC(C)(C)C)N1CC(C)(C)C1(C)C. The minimum absolute atomic E-state index is 0.0166. The first-order valence-corrected chi connectivity index (χ1v) is 7.11. The Bertz CT molecular complexity index is 406. The van der Waals surface area contributed by atoms with Crippen LogP contribution in [0.15, 0.2) is 4.99 Å². The van der Waals surface area contributed by atoms with Crippen molar-refractivity contribution >= 4 is 11.9 Å². The first kappa shape index (κ1) is 16.8. The number of rotatable bonds is 2. The standard InChI is InChI=1S/C15H29N3O2/c1-13(2,3)20-11(19)9-17-12(16-8)18-10-14(4,5)15(18,6)7/h9-10H2,1-8H3,(H,16,17). The Morgan fingerprint density at radius 3 is 2.20 bits per heavy atom. The molecule has 0 bridgehead atoms. The van der Waals surface area contributed by atoms with Crippen LogP contribution >= 0.6 is 0 Å². The van der Waals surface area contributed by atoms with E-state index in [2.05, 4.69) is 42.9 Å². The highest BCUT2D eigenvalue weighted by molar-refractivity contribution is 5.85. The average molecular weight is 283 g/mol. The van der Waals surface area contributed by atoms with Crippen LogP contribution in [0, 0.1) is 5.41 Å². The van der Waals surface area contributed by atoms with Gasteiger partial charge in [0.25, 0.3) is 0 Å². The summed E-state index contributed by atoms with van der Waals surface area (Å²) in [6.07, 6.45) is 0. The molecule has 0 saturated carbocycles. The Kier molecular flexibility index (Phi) is 4.42. The number of likely N-dealkylation sites (tertiary alicyclic amines) is 1. The highest BCUT2D eigenvalue weighted by atomic mass is 16.6. The molecule has 1 rings (SSSR count). The molecule has 0 aromatic rings. The molecule has 0 radical (unpaired) electrons. The fraction of sp³-hybridized carbons (Fsp3) is 0.867. The van der Waals surface area contributed by atoms with Crippen LogP contribution in [-0.2, 0) is 9.53 Å². The minimum Gasteiger partial charge on any atom is -0.459 e. The van der Waals surface area contributed by atoms with E-state index in [0.717, 1.165) is 12.5 Å². The highest BCUT2D eigenvalue weighted by Crippen LogP contribution is 2.46. The van der Waals surface area contributed by atoms with Gasteiger partial charge in [0.2, 0.25) is 0 Å². The van der Waals surface area contributed by atoms with Crippen molar-refractivity contribution in [2.75, 3.05) is 20.1 Å². The number of esters is 1. The number of hydrogen-bond donors (Lipinski definition) is 1. The molecular weight excluding hydrogens is 254 g/mol. The van der Waals surface area contributed by atoms with Crippen molar-refractivity contribution < 1.29 is 9.53 Å². The minimum atomic E-state index is -0.458. The van der Waals surface area contributed by atoms with Gasteiger partial charge in [-0.05, 0) is 34.6 Å². The number of guanidine groups is 1. The summed E-state index contributed by atoms with van der Waals surface area (Å²) in [5.41, 5.74) is -0.209. The lowest BCUT2D eigenvalue weighted by atomic mass is 9.65.